The summed E-state index contributed by atoms with van der Waals surface area (Å²) in [5.74, 6) is -2.40. The van der Waals surface area contributed by atoms with E-state index in [9.17, 15) is 14.3 Å². The summed E-state index contributed by atoms with van der Waals surface area (Å²) in [5, 5.41) is 16.6. The van der Waals surface area contributed by atoms with Crippen molar-refractivity contribution in [1.82, 2.24) is 24.3 Å². The van der Waals surface area contributed by atoms with Gasteiger partial charge in [-0.15, -0.1) is 0 Å². The van der Waals surface area contributed by atoms with E-state index in [0.717, 1.165) is 28.5 Å². The van der Waals surface area contributed by atoms with Gasteiger partial charge in [0, 0.05) is 48.5 Å². The van der Waals surface area contributed by atoms with E-state index in [-0.39, 0.29) is 23.0 Å². The fourth-order valence-corrected chi connectivity index (χ4v) is 5.72. The number of hydrogen-bond acceptors (Lipinski definition) is 7. The largest absolute Gasteiger partial charge is 0.381 e. The maximum atomic E-state index is 15.5. The third kappa shape index (κ3) is 5.43. The fraction of sp³-hybridized carbons (Fsp3) is 0.267. The van der Waals surface area contributed by atoms with Gasteiger partial charge >= 0.3 is 0 Å². The molecule has 1 N–H and O–H groups in total. The second kappa shape index (κ2) is 11.3. The molecule has 6 rings (SSSR count). The second-order valence-corrected chi connectivity index (χ2v) is 11.0. The van der Waals surface area contributed by atoms with Crippen LogP contribution in [0.5, 0.6) is 0 Å². The van der Waals surface area contributed by atoms with Gasteiger partial charge < -0.3 is 14.9 Å². The first-order valence-electron chi connectivity index (χ1n) is 13.6. The van der Waals surface area contributed by atoms with Crippen LogP contribution in [0.15, 0.2) is 78.4 Å². The minimum absolute atomic E-state index is 0.00177. The van der Waals surface area contributed by atoms with Gasteiger partial charge in [-0.05, 0) is 49.4 Å². The molecule has 0 amide bonds. The molecule has 3 heterocycles. The highest BCUT2D eigenvalue weighted by Crippen LogP contribution is 2.36. The molecule has 1 aliphatic rings. The van der Waals surface area contributed by atoms with Gasteiger partial charge in [0.2, 0.25) is 0 Å². The zero-order chi connectivity index (χ0) is 30.3. The minimum atomic E-state index is -2.09. The van der Waals surface area contributed by atoms with E-state index in [1.807, 2.05) is 29.2 Å². The Morgan fingerprint density at radius 2 is 1.67 bits per heavy atom. The van der Waals surface area contributed by atoms with Crippen LogP contribution in [-0.2, 0) is 12.1 Å². The topological polar surface area (TPSA) is 92.3 Å². The van der Waals surface area contributed by atoms with Gasteiger partial charge in [0.15, 0.2) is 0 Å². The van der Waals surface area contributed by atoms with Gasteiger partial charge in [0.25, 0.3) is 5.56 Å². The normalized spacial score (nSPS) is 16.0. The second-order valence-electron chi connectivity index (χ2n) is 10.5. The number of nitrogens with zero attached hydrogens (tertiary/aromatic N) is 7. The Morgan fingerprint density at radius 3 is 2.35 bits per heavy atom. The fourth-order valence-electron chi connectivity index (χ4n) is 5.59. The highest BCUT2D eigenvalue weighted by Gasteiger charge is 2.41. The Balaban J connectivity index is 1.31. The lowest BCUT2D eigenvalue weighted by Crippen LogP contribution is -2.46. The van der Waals surface area contributed by atoms with Crippen molar-refractivity contribution in [3.05, 3.63) is 112 Å². The van der Waals surface area contributed by atoms with Crippen LogP contribution in [0.1, 0.15) is 18.5 Å². The zero-order valence-corrected chi connectivity index (χ0v) is 23.8. The van der Waals surface area contributed by atoms with Gasteiger partial charge in [0.1, 0.15) is 35.7 Å². The average molecular weight is 610 g/mol. The first kappa shape index (κ1) is 28.7. The van der Waals surface area contributed by atoms with E-state index in [1.165, 1.54) is 30.6 Å². The van der Waals surface area contributed by atoms with Crippen molar-refractivity contribution >= 4 is 33.9 Å². The summed E-state index contributed by atoms with van der Waals surface area (Å²) < 4.78 is 46.7. The Bertz CT molecular complexity index is 1830. The summed E-state index contributed by atoms with van der Waals surface area (Å²) in [6.07, 6.45) is 3.81. The van der Waals surface area contributed by atoms with Crippen molar-refractivity contribution < 1.29 is 18.3 Å². The molecule has 43 heavy (non-hydrogen) atoms. The van der Waals surface area contributed by atoms with Gasteiger partial charge in [-0.1, -0.05) is 17.7 Å². The predicted octanol–water partition coefficient (Wildman–Crippen LogP) is 4.53. The number of piperazine rings is 1. The standard InChI is InChI=1S/C30H27ClF3N7O2/c1-19(30(43,15-40-17-35-16-37-40)24-7-4-21(32)12-25(24)33)41-18-36-27-14-28(26(34)13-23(27)29(41)42)39-10-8-38(9-11-39)22-5-2-20(31)3-6-22/h2-7,12-14,16-19,43H,8-11,15H2,1H3/t19-,30-/m1/s1. The SMILES string of the molecule is C[C@@H](n1cnc2cc(N3CCN(c4ccc(Cl)cc4)CC3)c(F)cc2c1=O)[C@](O)(Cn1cncn1)c1ccc(F)cc1F. The molecule has 1 fully saturated rings. The van der Waals surface area contributed by atoms with E-state index in [4.69, 9.17) is 11.6 Å². The highest BCUT2D eigenvalue weighted by atomic mass is 35.5. The number of anilines is 2. The quantitative estimate of drug-likeness (QED) is 0.290. The van der Waals surface area contributed by atoms with Crippen molar-refractivity contribution in [3.63, 3.8) is 0 Å². The molecule has 0 spiro atoms. The lowest BCUT2D eigenvalue weighted by Gasteiger charge is -2.37. The molecule has 1 saturated heterocycles. The van der Waals surface area contributed by atoms with Crippen molar-refractivity contribution in [2.24, 2.45) is 0 Å². The van der Waals surface area contributed by atoms with Gasteiger partial charge in [-0.2, -0.15) is 5.10 Å². The zero-order valence-electron chi connectivity index (χ0n) is 23.0. The maximum Gasteiger partial charge on any atom is 0.261 e. The lowest BCUT2D eigenvalue weighted by molar-refractivity contribution is -0.0343. The van der Waals surface area contributed by atoms with E-state index in [2.05, 4.69) is 20.0 Å². The molecule has 2 atom stereocenters. The number of rotatable bonds is 7. The van der Waals surface area contributed by atoms with Crippen molar-refractivity contribution in [2.75, 3.05) is 36.0 Å². The molecule has 222 valence electrons. The van der Waals surface area contributed by atoms with E-state index < -0.39 is 34.7 Å². The Kier molecular flexibility index (Phi) is 7.57. The van der Waals surface area contributed by atoms with Crippen LogP contribution < -0.4 is 15.4 Å². The molecule has 3 aromatic carbocycles. The predicted molar refractivity (Wildman–Crippen MR) is 157 cm³/mol. The van der Waals surface area contributed by atoms with Crippen molar-refractivity contribution in [2.45, 2.75) is 25.1 Å². The Morgan fingerprint density at radius 1 is 0.953 bits per heavy atom. The van der Waals surface area contributed by atoms with Crippen LogP contribution in [-0.4, -0.2) is 55.6 Å². The third-order valence-corrected chi connectivity index (χ3v) is 8.29. The lowest BCUT2D eigenvalue weighted by atomic mass is 9.86. The number of benzene rings is 3. The van der Waals surface area contributed by atoms with E-state index in [1.54, 1.807) is 6.07 Å². The summed E-state index contributed by atoms with van der Waals surface area (Å²) >= 11 is 6.00. The summed E-state index contributed by atoms with van der Waals surface area (Å²) in [6, 6.07) is 11.9. The Labute approximate surface area is 249 Å². The third-order valence-electron chi connectivity index (χ3n) is 8.04. The number of aliphatic hydroxyl groups is 1. The molecule has 2 aromatic heterocycles. The molecule has 0 radical (unpaired) electrons. The van der Waals surface area contributed by atoms with Gasteiger partial charge in [-0.25, -0.2) is 27.8 Å². The van der Waals surface area contributed by atoms with Crippen LogP contribution in [0.4, 0.5) is 24.5 Å². The molecule has 5 aromatic rings. The van der Waals surface area contributed by atoms with Crippen LogP contribution in [0.2, 0.25) is 5.02 Å². The highest BCUT2D eigenvalue weighted by molar-refractivity contribution is 6.30. The monoisotopic (exact) mass is 609 g/mol. The van der Waals surface area contributed by atoms with Crippen LogP contribution in [0.3, 0.4) is 0 Å². The number of aromatic nitrogens is 5. The maximum absolute atomic E-state index is 15.5. The number of fused-ring (bicyclic) bond motifs is 1. The summed E-state index contributed by atoms with van der Waals surface area (Å²) in [4.78, 5) is 26.1. The van der Waals surface area contributed by atoms with Gasteiger partial charge in [-0.3, -0.25) is 9.36 Å². The molecule has 9 nitrogen and oxygen atoms in total. The molecule has 0 aliphatic carbocycles. The first-order chi connectivity index (χ1) is 20.6. The average Bonchev–Trinajstić information content (AvgIpc) is 3.50. The van der Waals surface area contributed by atoms with Gasteiger partial charge in [0.05, 0.1) is 35.5 Å². The minimum Gasteiger partial charge on any atom is -0.381 e. The summed E-state index contributed by atoms with van der Waals surface area (Å²) in [7, 11) is 0. The van der Waals surface area contributed by atoms with E-state index >= 15 is 8.78 Å². The molecule has 0 unspecified atom stereocenters. The summed E-state index contributed by atoms with van der Waals surface area (Å²) in [6.45, 7) is 3.62. The molecule has 0 saturated carbocycles. The van der Waals surface area contributed by atoms with Crippen LogP contribution in [0.25, 0.3) is 10.9 Å². The molecule has 13 heteroatoms. The van der Waals surface area contributed by atoms with Crippen molar-refractivity contribution in [1.29, 1.82) is 0 Å². The molecule has 0 bridgehead atoms. The van der Waals surface area contributed by atoms with Crippen LogP contribution in [0, 0.1) is 17.5 Å². The van der Waals surface area contributed by atoms with E-state index in [0.29, 0.717) is 43.0 Å². The van der Waals surface area contributed by atoms with Crippen molar-refractivity contribution in [3.8, 4) is 0 Å². The number of halogens is 4. The Hall–Kier alpha value is -4.42. The number of hydrogen-bond donors (Lipinski definition) is 1. The molecular formula is C30H27ClF3N7O2. The smallest absolute Gasteiger partial charge is 0.261 e. The first-order valence-corrected chi connectivity index (χ1v) is 14.0. The van der Waals surface area contributed by atoms with Crippen LogP contribution >= 0.6 is 11.6 Å². The summed E-state index contributed by atoms with van der Waals surface area (Å²) in [5.41, 5.74) is -1.33. The molecular weight excluding hydrogens is 583 g/mol. The molecule has 1 aliphatic heterocycles.